The van der Waals surface area contributed by atoms with Crippen LogP contribution in [-0.2, 0) is 0 Å². The Morgan fingerprint density at radius 2 is 1.37 bits per heavy atom. The molecule has 35 heavy (non-hydrogen) atoms. The number of hydrogen-bond donors (Lipinski definition) is 1. The number of aromatic nitrogens is 4. The van der Waals surface area contributed by atoms with Crippen LogP contribution in [0, 0.1) is 0 Å². The topological polar surface area (TPSA) is 101 Å². The van der Waals surface area contributed by atoms with E-state index in [0.717, 1.165) is 39.1 Å². The van der Waals surface area contributed by atoms with E-state index in [1.54, 1.807) is 25.1 Å². The first kappa shape index (κ1) is 20.7. The molecule has 0 saturated carbocycles. The normalized spacial score (nSPS) is 11.3. The van der Waals surface area contributed by atoms with E-state index in [0.29, 0.717) is 28.6 Å². The number of ether oxygens (including phenoxy) is 2. The minimum absolute atomic E-state index is 0.477. The molecule has 0 bridgehead atoms. The maximum atomic E-state index is 6.33. The molecule has 0 atom stereocenters. The number of fused-ring (bicyclic) bond motifs is 3. The van der Waals surface area contributed by atoms with E-state index in [9.17, 15) is 0 Å². The van der Waals surface area contributed by atoms with Crippen molar-refractivity contribution in [2.45, 2.75) is 0 Å². The second-order valence-electron chi connectivity index (χ2n) is 8.01. The molecule has 0 unspecified atom stereocenters. The summed E-state index contributed by atoms with van der Waals surface area (Å²) in [4.78, 5) is 9.42. The SMILES string of the molecule is COc1ccc(-c2oc3ncn4nc(-c5ccc(N)cc5)nc4c3c2-c2ccc(OC)cc2)cc1. The summed E-state index contributed by atoms with van der Waals surface area (Å²) in [6, 6.07) is 23.0. The molecular formula is C27H21N5O3. The van der Waals surface area contributed by atoms with E-state index in [1.807, 2.05) is 72.8 Å². The lowest BCUT2D eigenvalue weighted by molar-refractivity contribution is 0.414. The molecule has 3 aromatic heterocycles. The summed E-state index contributed by atoms with van der Waals surface area (Å²) in [7, 11) is 3.29. The molecular weight excluding hydrogens is 442 g/mol. The van der Waals surface area contributed by atoms with Gasteiger partial charge in [-0.1, -0.05) is 12.1 Å². The highest BCUT2D eigenvalue weighted by Gasteiger charge is 2.23. The number of nitrogen functional groups attached to an aromatic ring is 1. The van der Waals surface area contributed by atoms with Crippen LogP contribution in [0.3, 0.4) is 0 Å². The van der Waals surface area contributed by atoms with Crippen LogP contribution in [0.2, 0.25) is 0 Å². The summed E-state index contributed by atoms with van der Waals surface area (Å²) in [5.74, 6) is 2.79. The van der Waals surface area contributed by atoms with Crippen molar-refractivity contribution in [2.24, 2.45) is 0 Å². The van der Waals surface area contributed by atoms with Gasteiger partial charge in [0.1, 0.15) is 23.6 Å². The lowest BCUT2D eigenvalue weighted by atomic mass is 9.99. The molecule has 172 valence electrons. The summed E-state index contributed by atoms with van der Waals surface area (Å²) in [5, 5.41) is 5.43. The third kappa shape index (κ3) is 3.52. The van der Waals surface area contributed by atoms with Gasteiger partial charge in [-0.3, -0.25) is 0 Å². The van der Waals surface area contributed by atoms with Gasteiger partial charge in [0.25, 0.3) is 0 Å². The highest BCUT2D eigenvalue weighted by Crippen LogP contribution is 2.42. The molecule has 3 heterocycles. The second kappa shape index (κ2) is 8.18. The Balaban J connectivity index is 1.63. The zero-order valence-corrected chi connectivity index (χ0v) is 19.1. The predicted octanol–water partition coefficient (Wildman–Crippen LogP) is 5.47. The van der Waals surface area contributed by atoms with Crippen LogP contribution in [0.15, 0.2) is 83.5 Å². The summed E-state index contributed by atoms with van der Waals surface area (Å²) < 4.78 is 18.7. The number of furan rings is 1. The molecule has 6 rings (SSSR count). The Bertz CT molecular complexity index is 1650. The van der Waals surface area contributed by atoms with Crippen molar-refractivity contribution in [3.8, 4) is 45.3 Å². The van der Waals surface area contributed by atoms with Gasteiger partial charge in [-0.05, 0) is 66.2 Å². The average molecular weight is 463 g/mol. The molecule has 0 aliphatic heterocycles. The summed E-state index contributed by atoms with van der Waals surface area (Å²) >= 11 is 0. The summed E-state index contributed by atoms with van der Waals surface area (Å²) in [6.45, 7) is 0. The van der Waals surface area contributed by atoms with Gasteiger partial charge in [0.2, 0.25) is 5.71 Å². The molecule has 8 nitrogen and oxygen atoms in total. The van der Waals surface area contributed by atoms with E-state index < -0.39 is 0 Å². The van der Waals surface area contributed by atoms with Gasteiger partial charge in [-0.15, -0.1) is 5.10 Å². The van der Waals surface area contributed by atoms with E-state index >= 15 is 0 Å². The number of nitrogens with two attached hydrogens (primary N) is 1. The minimum Gasteiger partial charge on any atom is -0.497 e. The number of hydrogen-bond acceptors (Lipinski definition) is 7. The number of nitrogens with zero attached hydrogens (tertiary/aromatic N) is 4. The van der Waals surface area contributed by atoms with Gasteiger partial charge < -0.3 is 19.6 Å². The zero-order valence-electron chi connectivity index (χ0n) is 19.1. The molecule has 0 saturated heterocycles. The Morgan fingerprint density at radius 1 is 0.771 bits per heavy atom. The largest absolute Gasteiger partial charge is 0.497 e. The van der Waals surface area contributed by atoms with Crippen molar-refractivity contribution in [1.82, 2.24) is 19.6 Å². The minimum atomic E-state index is 0.477. The molecule has 0 radical (unpaired) electrons. The Labute approximate surface area is 200 Å². The van der Waals surface area contributed by atoms with Crippen LogP contribution in [-0.4, -0.2) is 33.8 Å². The van der Waals surface area contributed by atoms with Gasteiger partial charge in [0.05, 0.1) is 19.6 Å². The van der Waals surface area contributed by atoms with Crippen LogP contribution in [0.4, 0.5) is 5.69 Å². The molecule has 0 aliphatic rings. The maximum absolute atomic E-state index is 6.33. The van der Waals surface area contributed by atoms with Crippen molar-refractivity contribution < 1.29 is 13.9 Å². The van der Waals surface area contributed by atoms with E-state index in [1.165, 1.54) is 0 Å². The smallest absolute Gasteiger partial charge is 0.232 e. The lowest BCUT2D eigenvalue weighted by Crippen LogP contribution is -1.91. The Hall–Kier alpha value is -4.85. The molecule has 0 fully saturated rings. The predicted molar refractivity (Wildman–Crippen MR) is 134 cm³/mol. The highest BCUT2D eigenvalue weighted by atomic mass is 16.5. The fourth-order valence-electron chi connectivity index (χ4n) is 4.13. The Morgan fingerprint density at radius 3 is 2.00 bits per heavy atom. The summed E-state index contributed by atoms with van der Waals surface area (Å²) in [6.07, 6.45) is 1.62. The van der Waals surface area contributed by atoms with Gasteiger partial charge in [0.15, 0.2) is 11.5 Å². The van der Waals surface area contributed by atoms with Gasteiger partial charge in [0, 0.05) is 22.4 Å². The first-order valence-corrected chi connectivity index (χ1v) is 11.0. The van der Waals surface area contributed by atoms with Gasteiger partial charge in [-0.25, -0.2) is 14.5 Å². The first-order chi connectivity index (χ1) is 17.1. The summed E-state index contributed by atoms with van der Waals surface area (Å²) in [5.41, 5.74) is 11.2. The third-order valence-electron chi connectivity index (χ3n) is 5.93. The fraction of sp³-hybridized carbons (Fsp3) is 0.0741. The quantitative estimate of drug-likeness (QED) is 0.338. The van der Waals surface area contributed by atoms with Crippen LogP contribution < -0.4 is 15.2 Å². The zero-order chi connectivity index (χ0) is 23.9. The average Bonchev–Trinajstić information content (AvgIpc) is 3.51. The van der Waals surface area contributed by atoms with Crippen LogP contribution in [0.5, 0.6) is 11.5 Å². The molecule has 0 amide bonds. The maximum Gasteiger partial charge on any atom is 0.232 e. The molecule has 6 aromatic rings. The number of methoxy groups -OCH3 is 2. The molecule has 3 aromatic carbocycles. The molecule has 0 aliphatic carbocycles. The van der Waals surface area contributed by atoms with Crippen LogP contribution in [0.1, 0.15) is 0 Å². The van der Waals surface area contributed by atoms with E-state index in [4.69, 9.17) is 24.6 Å². The van der Waals surface area contributed by atoms with E-state index in [-0.39, 0.29) is 0 Å². The van der Waals surface area contributed by atoms with Crippen molar-refractivity contribution in [3.05, 3.63) is 79.1 Å². The van der Waals surface area contributed by atoms with Crippen molar-refractivity contribution in [3.63, 3.8) is 0 Å². The van der Waals surface area contributed by atoms with Crippen molar-refractivity contribution in [2.75, 3.05) is 20.0 Å². The molecule has 2 N–H and O–H groups in total. The molecule has 0 spiro atoms. The first-order valence-electron chi connectivity index (χ1n) is 11.0. The lowest BCUT2D eigenvalue weighted by Gasteiger charge is -2.06. The second-order valence-corrected chi connectivity index (χ2v) is 8.01. The number of anilines is 1. The van der Waals surface area contributed by atoms with Crippen LogP contribution >= 0.6 is 0 Å². The fourth-order valence-corrected chi connectivity index (χ4v) is 4.13. The monoisotopic (exact) mass is 463 g/mol. The third-order valence-corrected chi connectivity index (χ3v) is 5.93. The van der Waals surface area contributed by atoms with Crippen molar-refractivity contribution >= 4 is 22.4 Å². The standard InChI is InChI=1S/C27H21N5O3/c1-33-20-11-5-16(6-12-20)22-23-26-30-25(18-3-9-19(28)10-4-18)31-32(26)15-29-27(23)35-24(22)17-7-13-21(34-2)14-8-17/h3-15H,28H2,1-2H3. The van der Waals surface area contributed by atoms with Gasteiger partial charge >= 0.3 is 0 Å². The van der Waals surface area contributed by atoms with Crippen molar-refractivity contribution in [1.29, 1.82) is 0 Å². The van der Waals surface area contributed by atoms with Crippen LogP contribution in [0.25, 0.3) is 50.6 Å². The highest BCUT2D eigenvalue weighted by molar-refractivity contribution is 6.07. The molecule has 8 heteroatoms. The Kier molecular flexibility index (Phi) is 4.84. The van der Waals surface area contributed by atoms with E-state index in [2.05, 4.69) is 10.1 Å². The van der Waals surface area contributed by atoms with Gasteiger partial charge in [-0.2, -0.15) is 0 Å². The number of rotatable bonds is 5. The number of benzene rings is 3.